The Labute approximate surface area is 197 Å². The van der Waals surface area contributed by atoms with E-state index < -0.39 is 41.6 Å². The maximum absolute atomic E-state index is 13.2. The highest BCUT2D eigenvalue weighted by molar-refractivity contribution is 6.23. The first-order valence-corrected chi connectivity index (χ1v) is 11.0. The lowest BCUT2D eigenvalue weighted by atomic mass is 10.1. The topological polar surface area (TPSA) is 113 Å². The van der Waals surface area contributed by atoms with E-state index in [0.29, 0.717) is 5.56 Å². The number of carbonyl (C=O) groups is 5. The number of anilines is 1. The molecule has 34 heavy (non-hydrogen) atoms. The van der Waals surface area contributed by atoms with Crippen molar-refractivity contribution < 1.29 is 28.7 Å². The molecule has 1 fully saturated rings. The number of carbonyl (C=O) groups excluding carboxylic acids is 5. The van der Waals surface area contributed by atoms with E-state index in [2.05, 4.69) is 5.43 Å². The van der Waals surface area contributed by atoms with Gasteiger partial charge < -0.3 is 4.74 Å². The molecule has 1 atom stereocenters. The summed E-state index contributed by atoms with van der Waals surface area (Å²) >= 11 is 0. The number of imide groups is 1. The number of amides is 4. The van der Waals surface area contributed by atoms with E-state index in [9.17, 15) is 24.0 Å². The number of ether oxygens (including phenoxy) is 1. The van der Waals surface area contributed by atoms with E-state index in [4.69, 9.17) is 4.74 Å². The van der Waals surface area contributed by atoms with Crippen molar-refractivity contribution in [2.45, 2.75) is 40.2 Å². The summed E-state index contributed by atoms with van der Waals surface area (Å²) in [4.78, 5) is 64.6. The van der Waals surface area contributed by atoms with Crippen molar-refractivity contribution in [3.63, 3.8) is 0 Å². The van der Waals surface area contributed by atoms with Crippen molar-refractivity contribution >= 4 is 35.3 Å². The molecule has 9 heteroatoms. The van der Waals surface area contributed by atoms with Gasteiger partial charge in [0, 0.05) is 11.5 Å². The molecule has 2 aromatic rings. The van der Waals surface area contributed by atoms with E-state index in [1.165, 1.54) is 24.3 Å². The van der Waals surface area contributed by atoms with Gasteiger partial charge in [-0.2, -0.15) is 0 Å². The largest absolute Gasteiger partial charge is 0.462 e. The van der Waals surface area contributed by atoms with Crippen molar-refractivity contribution in [1.82, 2.24) is 10.4 Å². The van der Waals surface area contributed by atoms with Gasteiger partial charge in [0.1, 0.15) is 6.04 Å². The molecular formula is C25H27N3O6. The number of rotatable bonds is 6. The van der Waals surface area contributed by atoms with E-state index in [0.717, 1.165) is 15.5 Å². The van der Waals surface area contributed by atoms with Crippen LogP contribution in [-0.4, -0.2) is 47.3 Å². The van der Waals surface area contributed by atoms with Gasteiger partial charge in [-0.3, -0.25) is 24.6 Å². The molecule has 1 N–H and O–H groups in total. The first-order chi connectivity index (χ1) is 16.1. The van der Waals surface area contributed by atoms with Crippen molar-refractivity contribution in [2.24, 2.45) is 5.92 Å². The maximum atomic E-state index is 13.2. The monoisotopic (exact) mass is 465 g/mol. The van der Waals surface area contributed by atoms with Crippen LogP contribution in [0.3, 0.4) is 0 Å². The highest BCUT2D eigenvalue weighted by atomic mass is 16.5. The predicted octanol–water partition coefficient (Wildman–Crippen LogP) is 2.63. The first-order valence-electron chi connectivity index (χ1n) is 11.0. The van der Waals surface area contributed by atoms with Gasteiger partial charge in [0.25, 0.3) is 11.8 Å². The summed E-state index contributed by atoms with van der Waals surface area (Å²) in [5.41, 5.74) is 4.25. The average Bonchev–Trinajstić information content (AvgIpc) is 3.10. The number of nitrogens with zero attached hydrogens (tertiary/aromatic N) is 2. The van der Waals surface area contributed by atoms with Gasteiger partial charge in [0.15, 0.2) is 0 Å². The van der Waals surface area contributed by atoms with Crippen LogP contribution in [0.25, 0.3) is 0 Å². The number of aryl methyl sites for hydroxylation is 1. The quantitative estimate of drug-likeness (QED) is 0.399. The van der Waals surface area contributed by atoms with Crippen LogP contribution in [0.15, 0.2) is 48.5 Å². The van der Waals surface area contributed by atoms with Crippen LogP contribution in [-0.2, 0) is 19.1 Å². The third kappa shape index (κ3) is 5.14. The normalized spacial score (nSPS) is 15.4. The van der Waals surface area contributed by atoms with E-state index >= 15 is 0 Å². The molecule has 0 radical (unpaired) electrons. The number of nitrogens with one attached hydrogen (secondary N) is 1. The van der Waals surface area contributed by atoms with Gasteiger partial charge in [-0.25, -0.2) is 14.7 Å². The van der Waals surface area contributed by atoms with Gasteiger partial charge in [0.2, 0.25) is 11.8 Å². The number of hydrazine groups is 1. The molecule has 0 saturated carbocycles. The summed E-state index contributed by atoms with van der Waals surface area (Å²) in [5.74, 6) is -3.27. The molecule has 1 saturated heterocycles. The lowest BCUT2D eigenvalue weighted by Crippen LogP contribution is -2.55. The Morgan fingerprint density at radius 3 is 2.35 bits per heavy atom. The predicted molar refractivity (Wildman–Crippen MR) is 124 cm³/mol. The van der Waals surface area contributed by atoms with Gasteiger partial charge in [0.05, 0.1) is 24.3 Å². The Morgan fingerprint density at radius 1 is 1.09 bits per heavy atom. The Morgan fingerprint density at radius 2 is 1.76 bits per heavy atom. The van der Waals surface area contributed by atoms with Crippen molar-refractivity contribution in [1.29, 1.82) is 0 Å². The highest BCUT2D eigenvalue weighted by Crippen LogP contribution is 2.26. The minimum Gasteiger partial charge on any atom is -0.462 e. The fourth-order valence-corrected chi connectivity index (χ4v) is 3.57. The van der Waals surface area contributed by atoms with Crippen LogP contribution in [0.1, 0.15) is 53.5 Å². The van der Waals surface area contributed by atoms with Gasteiger partial charge in [-0.15, -0.1) is 0 Å². The zero-order chi connectivity index (χ0) is 25.0. The Kier molecular flexibility index (Phi) is 7.45. The van der Waals surface area contributed by atoms with E-state index in [-0.39, 0.29) is 24.3 Å². The average molecular weight is 466 g/mol. The molecule has 0 spiro atoms. The highest BCUT2D eigenvalue weighted by Gasteiger charge is 2.45. The van der Waals surface area contributed by atoms with Gasteiger partial charge >= 0.3 is 5.97 Å². The molecule has 0 aromatic heterocycles. The van der Waals surface area contributed by atoms with Gasteiger partial charge in [-0.1, -0.05) is 31.5 Å². The molecule has 4 amide bonds. The standard InChI is InChI=1S/C25H27N3O6/c1-5-34-25(33)17-9-11-19(12-10-17)27-21(29)14-20(24(27)32)28(23(31)15(2)3)26-22(30)18-8-6-7-16(4)13-18/h6-13,15,20H,5,14H2,1-4H3,(H,26,30). The van der Waals surface area contributed by atoms with Crippen molar-refractivity contribution in [3.8, 4) is 0 Å². The number of benzene rings is 2. The Balaban J connectivity index is 1.86. The van der Waals surface area contributed by atoms with Crippen molar-refractivity contribution in [2.75, 3.05) is 11.5 Å². The smallest absolute Gasteiger partial charge is 0.338 e. The molecule has 0 aliphatic carbocycles. The number of esters is 1. The molecule has 0 bridgehead atoms. The van der Waals surface area contributed by atoms with Crippen LogP contribution in [0.4, 0.5) is 5.69 Å². The third-order valence-electron chi connectivity index (χ3n) is 5.30. The zero-order valence-corrected chi connectivity index (χ0v) is 19.5. The molecule has 9 nitrogen and oxygen atoms in total. The summed E-state index contributed by atoms with van der Waals surface area (Å²) in [7, 11) is 0. The number of hydrogen-bond donors (Lipinski definition) is 1. The lowest BCUT2D eigenvalue weighted by molar-refractivity contribution is -0.143. The second kappa shape index (κ2) is 10.3. The molecule has 1 unspecified atom stereocenters. The van der Waals surface area contributed by atoms with Crippen LogP contribution >= 0.6 is 0 Å². The Hall–Kier alpha value is -4.01. The van der Waals surface area contributed by atoms with Crippen LogP contribution in [0.2, 0.25) is 0 Å². The molecular weight excluding hydrogens is 438 g/mol. The summed E-state index contributed by atoms with van der Waals surface area (Å²) in [6.07, 6.45) is -0.287. The summed E-state index contributed by atoms with van der Waals surface area (Å²) < 4.78 is 4.94. The van der Waals surface area contributed by atoms with E-state index in [1.54, 1.807) is 39.0 Å². The molecule has 3 rings (SSSR count). The van der Waals surface area contributed by atoms with Crippen LogP contribution < -0.4 is 10.3 Å². The lowest BCUT2D eigenvalue weighted by Gasteiger charge is -2.29. The molecule has 1 heterocycles. The first kappa shape index (κ1) is 24.6. The molecule has 2 aromatic carbocycles. The second-order valence-electron chi connectivity index (χ2n) is 8.23. The SMILES string of the molecule is CCOC(=O)c1ccc(N2C(=O)CC(N(NC(=O)c3cccc(C)c3)C(=O)C(C)C)C2=O)cc1. The summed E-state index contributed by atoms with van der Waals surface area (Å²) in [5, 5.41) is 0.961. The minimum atomic E-state index is -1.19. The summed E-state index contributed by atoms with van der Waals surface area (Å²) in [6.45, 7) is 7.02. The summed E-state index contributed by atoms with van der Waals surface area (Å²) in [6, 6.07) is 11.4. The molecule has 1 aliphatic heterocycles. The van der Waals surface area contributed by atoms with E-state index in [1.807, 2.05) is 13.0 Å². The minimum absolute atomic E-state index is 0.222. The maximum Gasteiger partial charge on any atom is 0.338 e. The fraction of sp³-hybridized carbons (Fsp3) is 0.320. The molecule has 178 valence electrons. The molecule has 1 aliphatic rings. The fourth-order valence-electron chi connectivity index (χ4n) is 3.57. The van der Waals surface area contributed by atoms with Crippen LogP contribution in [0, 0.1) is 12.8 Å². The van der Waals surface area contributed by atoms with Gasteiger partial charge in [-0.05, 0) is 50.2 Å². The zero-order valence-electron chi connectivity index (χ0n) is 19.5. The Bertz CT molecular complexity index is 1130. The van der Waals surface area contributed by atoms with Crippen molar-refractivity contribution in [3.05, 3.63) is 65.2 Å². The second-order valence-corrected chi connectivity index (χ2v) is 8.23. The number of hydrogen-bond acceptors (Lipinski definition) is 6. The third-order valence-corrected chi connectivity index (χ3v) is 5.30. The van der Waals surface area contributed by atoms with Crippen LogP contribution in [0.5, 0.6) is 0 Å².